The Morgan fingerprint density at radius 3 is 2.79 bits per heavy atom. The molecule has 8 heteroatoms. The third kappa shape index (κ3) is 5.15. The molecule has 0 saturated heterocycles. The van der Waals surface area contributed by atoms with Crippen molar-refractivity contribution in [3.63, 3.8) is 0 Å². The maximum atomic E-state index is 4.89. The molecule has 104 valence electrons. The summed E-state index contributed by atoms with van der Waals surface area (Å²) < 4.78 is 4.89. The van der Waals surface area contributed by atoms with Crippen molar-refractivity contribution < 1.29 is 4.52 Å². The second-order valence-corrected chi connectivity index (χ2v) is 4.62. The minimum atomic E-state index is 0. The van der Waals surface area contributed by atoms with E-state index in [9.17, 15) is 0 Å². The van der Waals surface area contributed by atoms with E-state index < -0.39 is 0 Å². The summed E-state index contributed by atoms with van der Waals surface area (Å²) in [6.07, 6.45) is 0. The smallest absolute Gasteiger partial charge is 0.223 e. The van der Waals surface area contributed by atoms with E-state index in [4.69, 9.17) is 4.52 Å². The van der Waals surface area contributed by atoms with Gasteiger partial charge in [0, 0.05) is 18.8 Å². The van der Waals surface area contributed by atoms with Crippen LogP contribution < -0.4 is 10.6 Å². The Bertz CT molecular complexity index is 511. The van der Waals surface area contributed by atoms with Crippen LogP contribution in [0.3, 0.4) is 0 Å². The second kappa shape index (κ2) is 8.10. The van der Waals surface area contributed by atoms with Gasteiger partial charge in [-0.15, -0.1) is 35.3 Å². The molecule has 0 bridgehead atoms. The van der Waals surface area contributed by atoms with E-state index in [1.165, 1.54) is 4.88 Å². The van der Waals surface area contributed by atoms with Gasteiger partial charge in [0.25, 0.3) is 0 Å². The highest BCUT2D eigenvalue weighted by atomic mass is 127. The first kappa shape index (κ1) is 15.9. The van der Waals surface area contributed by atoms with E-state index in [0.29, 0.717) is 24.2 Å². The molecule has 2 N–H and O–H groups in total. The second-order valence-electron chi connectivity index (χ2n) is 3.59. The summed E-state index contributed by atoms with van der Waals surface area (Å²) in [6, 6.07) is 4.10. The molecule has 6 nitrogen and oxygen atoms in total. The molecule has 0 saturated carbocycles. The lowest BCUT2D eigenvalue weighted by molar-refractivity contribution is 0.387. The van der Waals surface area contributed by atoms with E-state index in [-0.39, 0.29) is 24.0 Å². The molecule has 19 heavy (non-hydrogen) atoms. The van der Waals surface area contributed by atoms with Gasteiger partial charge in [0.1, 0.15) is 0 Å². The molecule has 0 radical (unpaired) electrons. The fourth-order valence-corrected chi connectivity index (χ4v) is 2.03. The summed E-state index contributed by atoms with van der Waals surface area (Å²) in [5.74, 6) is 1.89. The van der Waals surface area contributed by atoms with Crippen LogP contribution in [0, 0.1) is 6.92 Å². The molecule has 0 unspecified atom stereocenters. The van der Waals surface area contributed by atoms with Crippen molar-refractivity contribution in [2.75, 3.05) is 7.05 Å². The highest BCUT2D eigenvalue weighted by Gasteiger charge is 2.03. The minimum Gasteiger partial charge on any atom is -0.352 e. The monoisotopic (exact) mass is 393 g/mol. The van der Waals surface area contributed by atoms with Crippen LogP contribution in [0.1, 0.15) is 16.6 Å². The largest absolute Gasteiger partial charge is 0.352 e. The van der Waals surface area contributed by atoms with Crippen LogP contribution in [-0.2, 0) is 13.1 Å². The predicted octanol–water partition coefficient (Wildman–Crippen LogP) is 1.92. The van der Waals surface area contributed by atoms with Gasteiger partial charge in [0.2, 0.25) is 5.89 Å². The first-order valence-electron chi connectivity index (χ1n) is 5.54. The van der Waals surface area contributed by atoms with E-state index in [0.717, 1.165) is 6.54 Å². The number of nitrogens with one attached hydrogen (secondary N) is 2. The van der Waals surface area contributed by atoms with Crippen molar-refractivity contribution in [1.29, 1.82) is 0 Å². The molecule has 2 aromatic heterocycles. The molecule has 2 heterocycles. The lowest BCUT2D eigenvalue weighted by Crippen LogP contribution is -2.36. The third-order valence-corrected chi connectivity index (χ3v) is 3.09. The Morgan fingerprint density at radius 2 is 2.21 bits per heavy atom. The Labute approximate surface area is 132 Å². The highest BCUT2D eigenvalue weighted by molar-refractivity contribution is 14.0. The number of hydrogen-bond acceptors (Lipinski definition) is 5. The van der Waals surface area contributed by atoms with Crippen LogP contribution in [0.4, 0.5) is 0 Å². The minimum absolute atomic E-state index is 0. The van der Waals surface area contributed by atoms with Crippen molar-refractivity contribution in [3.05, 3.63) is 34.1 Å². The molecule has 0 amide bonds. The van der Waals surface area contributed by atoms with Crippen LogP contribution in [-0.4, -0.2) is 23.1 Å². The number of aromatic nitrogens is 2. The van der Waals surface area contributed by atoms with Gasteiger partial charge in [0.05, 0.1) is 13.1 Å². The highest BCUT2D eigenvalue weighted by Crippen LogP contribution is 2.07. The van der Waals surface area contributed by atoms with Crippen LogP contribution in [0.25, 0.3) is 0 Å². The first-order chi connectivity index (χ1) is 8.78. The number of guanidine groups is 1. The molecule has 0 aromatic carbocycles. The van der Waals surface area contributed by atoms with Crippen molar-refractivity contribution in [3.8, 4) is 0 Å². The Kier molecular flexibility index (Phi) is 6.78. The third-order valence-electron chi connectivity index (χ3n) is 2.22. The van der Waals surface area contributed by atoms with Crippen LogP contribution >= 0.6 is 35.3 Å². The summed E-state index contributed by atoms with van der Waals surface area (Å²) in [5, 5.41) is 12.2. The van der Waals surface area contributed by atoms with Gasteiger partial charge in [-0.3, -0.25) is 4.99 Å². The summed E-state index contributed by atoms with van der Waals surface area (Å²) in [6.45, 7) is 3.00. The molecule has 0 aliphatic rings. The number of aliphatic imine (C=N–C) groups is 1. The van der Waals surface area contributed by atoms with Crippen LogP contribution in [0.5, 0.6) is 0 Å². The molecule has 2 aromatic rings. The fraction of sp³-hybridized carbons (Fsp3) is 0.364. The standard InChI is InChI=1S/C11H15N5OS.HI/c1-8-15-10(16-17-8)7-14-11(12-2)13-6-9-4-3-5-18-9;/h3-5H,6-7H2,1-2H3,(H2,12,13,14);1H. The van der Waals surface area contributed by atoms with E-state index >= 15 is 0 Å². The average Bonchev–Trinajstić information content (AvgIpc) is 3.01. The number of thiophene rings is 1. The molecule has 0 fully saturated rings. The molecule has 0 aliphatic heterocycles. The molecular formula is C11H16IN5OS. The topological polar surface area (TPSA) is 75.3 Å². The predicted molar refractivity (Wildman–Crippen MR) is 85.8 cm³/mol. The van der Waals surface area contributed by atoms with Crippen molar-refractivity contribution in [2.45, 2.75) is 20.0 Å². The van der Waals surface area contributed by atoms with E-state index in [1.54, 1.807) is 25.3 Å². The number of halogens is 1. The van der Waals surface area contributed by atoms with E-state index in [2.05, 4.69) is 37.2 Å². The van der Waals surface area contributed by atoms with Crippen molar-refractivity contribution in [2.24, 2.45) is 4.99 Å². The lowest BCUT2D eigenvalue weighted by atomic mass is 10.4. The zero-order valence-electron chi connectivity index (χ0n) is 10.7. The lowest BCUT2D eigenvalue weighted by Gasteiger charge is -2.09. The van der Waals surface area contributed by atoms with Gasteiger partial charge in [-0.1, -0.05) is 11.2 Å². The summed E-state index contributed by atoms with van der Waals surface area (Å²) in [7, 11) is 1.73. The fourth-order valence-electron chi connectivity index (χ4n) is 1.38. The number of rotatable bonds is 4. The van der Waals surface area contributed by atoms with Gasteiger partial charge in [-0.05, 0) is 11.4 Å². The quantitative estimate of drug-likeness (QED) is 0.472. The van der Waals surface area contributed by atoms with Crippen molar-refractivity contribution >= 4 is 41.3 Å². The Morgan fingerprint density at radius 1 is 1.42 bits per heavy atom. The number of aryl methyl sites for hydroxylation is 1. The molecule has 0 aliphatic carbocycles. The zero-order chi connectivity index (χ0) is 12.8. The van der Waals surface area contributed by atoms with Gasteiger partial charge >= 0.3 is 0 Å². The number of hydrogen-bond donors (Lipinski definition) is 2. The average molecular weight is 393 g/mol. The molecule has 2 rings (SSSR count). The normalized spacial score (nSPS) is 10.9. The van der Waals surface area contributed by atoms with Gasteiger partial charge in [-0.25, -0.2) is 0 Å². The molecule has 0 atom stereocenters. The zero-order valence-corrected chi connectivity index (χ0v) is 13.9. The molecular weight excluding hydrogens is 377 g/mol. The van der Waals surface area contributed by atoms with Gasteiger partial charge < -0.3 is 15.2 Å². The maximum absolute atomic E-state index is 4.89. The van der Waals surface area contributed by atoms with Crippen molar-refractivity contribution in [1.82, 2.24) is 20.8 Å². The van der Waals surface area contributed by atoms with Gasteiger partial charge in [0.15, 0.2) is 11.8 Å². The SMILES string of the molecule is CN=C(NCc1noc(C)n1)NCc1cccs1.I. The van der Waals surface area contributed by atoms with Crippen LogP contribution in [0.2, 0.25) is 0 Å². The van der Waals surface area contributed by atoms with Crippen LogP contribution in [0.15, 0.2) is 27.0 Å². The first-order valence-corrected chi connectivity index (χ1v) is 6.42. The summed E-state index contributed by atoms with van der Waals surface area (Å²) in [5.41, 5.74) is 0. The maximum Gasteiger partial charge on any atom is 0.223 e. The van der Waals surface area contributed by atoms with E-state index in [1.807, 2.05) is 6.07 Å². The number of nitrogens with zero attached hydrogens (tertiary/aromatic N) is 3. The summed E-state index contributed by atoms with van der Waals surface area (Å²) in [4.78, 5) is 9.49. The Balaban J connectivity index is 0.00000180. The Hall–Kier alpha value is -1.16. The van der Waals surface area contributed by atoms with Gasteiger partial charge in [-0.2, -0.15) is 4.98 Å². The molecule has 0 spiro atoms. The summed E-state index contributed by atoms with van der Waals surface area (Å²) >= 11 is 1.71.